The van der Waals surface area contributed by atoms with E-state index < -0.39 is 22.1 Å². The molecule has 0 fully saturated rings. The summed E-state index contributed by atoms with van der Waals surface area (Å²) in [6, 6.07) is 8.35. The number of hydrogen-bond donors (Lipinski definition) is 1. The van der Waals surface area contributed by atoms with E-state index >= 15 is 0 Å². The van der Waals surface area contributed by atoms with Crippen molar-refractivity contribution in [2.75, 3.05) is 16.2 Å². The molecule has 0 radical (unpaired) electrons. The zero-order chi connectivity index (χ0) is 21.4. The van der Waals surface area contributed by atoms with Gasteiger partial charge in [-0.1, -0.05) is 0 Å². The van der Waals surface area contributed by atoms with Crippen LogP contribution in [0.2, 0.25) is 0 Å². The predicted octanol–water partition coefficient (Wildman–Crippen LogP) is 3.52. The van der Waals surface area contributed by atoms with Crippen LogP contribution < -0.4 is 19.1 Å². The summed E-state index contributed by atoms with van der Waals surface area (Å²) in [5.41, 5.74) is 0.373. The first-order chi connectivity index (χ1) is 13.4. The van der Waals surface area contributed by atoms with Crippen LogP contribution in [-0.4, -0.2) is 33.3 Å². The molecule has 1 N–H and O–H groups in total. The van der Waals surface area contributed by atoms with Gasteiger partial charge in [0.25, 0.3) is 10.0 Å². The molecule has 2 aromatic carbocycles. The lowest BCUT2D eigenvalue weighted by atomic mass is 10.2. The average Bonchev–Trinajstić information content (AvgIpc) is 2.60. The molecule has 0 bridgehead atoms. The minimum absolute atomic E-state index is 0.0468. The minimum atomic E-state index is -4.84. The molecule has 0 aliphatic carbocycles. The largest absolute Gasteiger partial charge is 0.573 e. The van der Waals surface area contributed by atoms with Gasteiger partial charge in [-0.3, -0.25) is 9.52 Å². The van der Waals surface area contributed by atoms with Crippen molar-refractivity contribution in [1.82, 2.24) is 0 Å². The Morgan fingerprint density at radius 1 is 1.21 bits per heavy atom. The number of nitrogens with one attached hydrogen (secondary N) is 1. The number of amides is 1. The maximum atomic E-state index is 12.7. The van der Waals surface area contributed by atoms with Crippen molar-refractivity contribution in [3.05, 3.63) is 42.5 Å². The number of carbonyl (C=O) groups excluding carboxylic acids is 1. The number of hydrogen-bond acceptors (Lipinski definition) is 5. The third kappa shape index (κ3) is 4.91. The van der Waals surface area contributed by atoms with Gasteiger partial charge < -0.3 is 14.4 Å². The Bertz CT molecular complexity index is 1020. The van der Waals surface area contributed by atoms with Gasteiger partial charge in [0.1, 0.15) is 17.6 Å². The molecule has 0 unspecified atom stereocenters. The van der Waals surface area contributed by atoms with Gasteiger partial charge in [-0.25, -0.2) is 8.42 Å². The van der Waals surface area contributed by atoms with E-state index in [1.165, 1.54) is 30.0 Å². The number of fused-ring (bicyclic) bond motifs is 1. The van der Waals surface area contributed by atoms with E-state index in [0.29, 0.717) is 11.4 Å². The van der Waals surface area contributed by atoms with Crippen molar-refractivity contribution in [3.8, 4) is 11.5 Å². The van der Waals surface area contributed by atoms with Crippen molar-refractivity contribution in [2.24, 2.45) is 0 Å². The Hall–Kier alpha value is -2.95. The van der Waals surface area contributed by atoms with Gasteiger partial charge in [0.05, 0.1) is 17.1 Å². The van der Waals surface area contributed by atoms with E-state index in [0.717, 1.165) is 24.3 Å². The number of nitrogens with zero attached hydrogens (tertiary/aromatic N) is 1. The Kier molecular flexibility index (Phi) is 5.35. The SMILES string of the molecule is CC(=O)N1C[C@@H](C)Oc2ccc(S(=O)(=O)Nc3ccc(OC(F)(F)F)cc3)cc21. The summed E-state index contributed by atoms with van der Waals surface area (Å²) in [6.45, 7) is 3.43. The van der Waals surface area contributed by atoms with Crippen molar-refractivity contribution >= 4 is 27.3 Å². The van der Waals surface area contributed by atoms with Crippen LogP contribution in [0.1, 0.15) is 13.8 Å². The van der Waals surface area contributed by atoms with E-state index in [2.05, 4.69) is 9.46 Å². The highest BCUT2D eigenvalue weighted by Gasteiger charge is 2.31. The highest BCUT2D eigenvalue weighted by molar-refractivity contribution is 7.92. The Labute approximate surface area is 165 Å². The van der Waals surface area contributed by atoms with Gasteiger partial charge in [-0.15, -0.1) is 13.2 Å². The van der Waals surface area contributed by atoms with Crippen LogP contribution in [0.4, 0.5) is 24.5 Å². The maximum Gasteiger partial charge on any atom is 0.573 e. The molecule has 156 valence electrons. The predicted molar refractivity (Wildman–Crippen MR) is 98.5 cm³/mol. The second-order valence-electron chi connectivity index (χ2n) is 6.37. The molecule has 1 amide bonds. The van der Waals surface area contributed by atoms with Gasteiger partial charge in [-0.2, -0.15) is 0 Å². The van der Waals surface area contributed by atoms with Crippen LogP contribution in [0.5, 0.6) is 11.5 Å². The van der Waals surface area contributed by atoms with Gasteiger partial charge >= 0.3 is 6.36 Å². The fraction of sp³-hybridized carbons (Fsp3) is 0.278. The zero-order valence-electron chi connectivity index (χ0n) is 15.4. The van der Waals surface area contributed by atoms with Crippen molar-refractivity contribution in [2.45, 2.75) is 31.2 Å². The van der Waals surface area contributed by atoms with E-state index in [-0.39, 0.29) is 29.1 Å². The topological polar surface area (TPSA) is 84.9 Å². The normalized spacial score (nSPS) is 16.6. The summed E-state index contributed by atoms with van der Waals surface area (Å²) in [6.07, 6.45) is -5.09. The molecule has 0 saturated heterocycles. The molecule has 1 aliphatic heterocycles. The lowest BCUT2D eigenvalue weighted by Gasteiger charge is -2.33. The molecule has 1 atom stereocenters. The Balaban J connectivity index is 1.85. The van der Waals surface area contributed by atoms with Crippen LogP contribution in [0, 0.1) is 0 Å². The third-order valence-corrected chi connectivity index (χ3v) is 5.40. The number of halogens is 3. The van der Waals surface area contributed by atoms with E-state index in [9.17, 15) is 26.4 Å². The van der Waals surface area contributed by atoms with Crippen molar-refractivity contribution in [3.63, 3.8) is 0 Å². The molecule has 3 rings (SSSR count). The first-order valence-electron chi connectivity index (χ1n) is 8.42. The van der Waals surface area contributed by atoms with Gasteiger partial charge in [0.15, 0.2) is 0 Å². The molecule has 1 aliphatic rings. The second-order valence-corrected chi connectivity index (χ2v) is 8.05. The molecule has 0 saturated carbocycles. The minimum Gasteiger partial charge on any atom is -0.487 e. The zero-order valence-corrected chi connectivity index (χ0v) is 16.2. The van der Waals surface area contributed by atoms with Crippen LogP contribution in [-0.2, 0) is 14.8 Å². The number of alkyl halides is 3. The first kappa shape index (κ1) is 20.8. The fourth-order valence-electron chi connectivity index (χ4n) is 2.82. The number of carbonyl (C=O) groups is 1. The summed E-state index contributed by atoms with van der Waals surface area (Å²) >= 11 is 0. The monoisotopic (exact) mass is 430 g/mol. The summed E-state index contributed by atoms with van der Waals surface area (Å²) in [5, 5.41) is 0. The number of ether oxygens (including phenoxy) is 2. The summed E-state index contributed by atoms with van der Waals surface area (Å²) in [5.74, 6) is -0.353. The molecule has 0 spiro atoms. The van der Waals surface area contributed by atoms with Crippen molar-refractivity contribution < 1.29 is 35.9 Å². The quantitative estimate of drug-likeness (QED) is 0.802. The summed E-state index contributed by atoms with van der Waals surface area (Å²) in [7, 11) is -4.06. The number of sulfonamides is 1. The van der Waals surface area contributed by atoms with Gasteiger partial charge in [0, 0.05) is 12.6 Å². The Morgan fingerprint density at radius 3 is 2.45 bits per heavy atom. The van der Waals surface area contributed by atoms with Gasteiger partial charge in [0.2, 0.25) is 5.91 Å². The highest BCUT2D eigenvalue weighted by Crippen LogP contribution is 2.36. The standard InChI is InChI=1S/C18H17F3N2O5S/c1-11-10-23(12(2)24)16-9-15(7-8-17(16)27-11)29(25,26)22-13-3-5-14(6-4-13)28-18(19,20)21/h3-9,11,22H,10H2,1-2H3/t11-/m1/s1. The molecule has 0 aromatic heterocycles. The molecule has 29 heavy (non-hydrogen) atoms. The van der Waals surface area contributed by atoms with E-state index in [1.807, 2.05) is 0 Å². The van der Waals surface area contributed by atoms with Crippen LogP contribution in [0.15, 0.2) is 47.4 Å². The molecule has 11 heteroatoms. The van der Waals surface area contributed by atoms with Gasteiger partial charge in [-0.05, 0) is 49.4 Å². The number of benzene rings is 2. The number of anilines is 2. The summed E-state index contributed by atoms with van der Waals surface area (Å²) in [4.78, 5) is 13.2. The molecular weight excluding hydrogens is 413 g/mol. The maximum absolute atomic E-state index is 12.7. The average molecular weight is 430 g/mol. The number of rotatable bonds is 4. The van der Waals surface area contributed by atoms with Crippen LogP contribution >= 0.6 is 0 Å². The van der Waals surface area contributed by atoms with E-state index in [1.54, 1.807) is 6.92 Å². The highest BCUT2D eigenvalue weighted by atomic mass is 32.2. The lowest BCUT2D eigenvalue weighted by Crippen LogP contribution is -2.41. The van der Waals surface area contributed by atoms with Crippen LogP contribution in [0.3, 0.4) is 0 Å². The molecule has 2 aromatic rings. The Morgan fingerprint density at radius 2 is 1.86 bits per heavy atom. The smallest absolute Gasteiger partial charge is 0.487 e. The third-order valence-electron chi connectivity index (χ3n) is 4.02. The van der Waals surface area contributed by atoms with Crippen molar-refractivity contribution in [1.29, 1.82) is 0 Å². The van der Waals surface area contributed by atoms with Crippen LogP contribution in [0.25, 0.3) is 0 Å². The lowest BCUT2D eigenvalue weighted by molar-refractivity contribution is -0.274. The molecule has 7 nitrogen and oxygen atoms in total. The first-order valence-corrected chi connectivity index (χ1v) is 9.90. The summed E-state index contributed by atoms with van der Waals surface area (Å²) < 4.78 is 73.6. The second kappa shape index (κ2) is 7.47. The molecular formula is C18H17F3N2O5S. The van der Waals surface area contributed by atoms with E-state index in [4.69, 9.17) is 4.74 Å². The molecule has 1 heterocycles. The fourth-order valence-corrected chi connectivity index (χ4v) is 3.90.